The summed E-state index contributed by atoms with van der Waals surface area (Å²) in [7, 11) is 0. The summed E-state index contributed by atoms with van der Waals surface area (Å²) in [6.45, 7) is 1.67. The lowest BCUT2D eigenvalue weighted by Crippen LogP contribution is -2.60. The van der Waals surface area contributed by atoms with E-state index in [2.05, 4.69) is 4.98 Å². The highest BCUT2D eigenvalue weighted by Crippen LogP contribution is 2.46. The molecule has 4 rings (SSSR count). The number of hydrogen-bond acceptors (Lipinski definition) is 5. The van der Waals surface area contributed by atoms with E-state index >= 15 is 0 Å². The fourth-order valence-electron chi connectivity index (χ4n) is 3.07. The van der Waals surface area contributed by atoms with Crippen LogP contribution in [0.15, 0.2) is 41.4 Å². The number of thiophene rings is 1. The molecular formula is C16H16N2O2S2. The molecule has 2 aliphatic rings. The van der Waals surface area contributed by atoms with Gasteiger partial charge in [0.2, 0.25) is 0 Å². The maximum Gasteiger partial charge on any atom is 0.254 e. The second-order valence-corrected chi connectivity index (χ2v) is 8.07. The van der Waals surface area contributed by atoms with E-state index in [-0.39, 0.29) is 16.8 Å². The zero-order valence-corrected chi connectivity index (χ0v) is 13.6. The fraction of sp³-hybridized carbons (Fsp3) is 0.375. The van der Waals surface area contributed by atoms with Gasteiger partial charge in [-0.15, -0.1) is 11.8 Å². The summed E-state index contributed by atoms with van der Waals surface area (Å²) >= 11 is 3.51. The van der Waals surface area contributed by atoms with Crippen LogP contribution in [0.4, 0.5) is 0 Å². The molecule has 2 saturated heterocycles. The van der Waals surface area contributed by atoms with Crippen molar-refractivity contribution in [1.82, 2.24) is 9.88 Å². The van der Waals surface area contributed by atoms with E-state index in [1.165, 1.54) is 0 Å². The number of nitrogens with zero attached hydrogens (tertiary/aromatic N) is 2. The summed E-state index contributed by atoms with van der Waals surface area (Å²) in [6, 6.07) is 5.72. The van der Waals surface area contributed by atoms with E-state index in [0.29, 0.717) is 0 Å². The summed E-state index contributed by atoms with van der Waals surface area (Å²) in [5.74, 6) is 1.97. The Labute approximate surface area is 137 Å². The van der Waals surface area contributed by atoms with E-state index < -0.39 is 0 Å². The summed E-state index contributed by atoms with van der Waals surface area (Å²) in [5.41, 5.74) is 0.811. The number of rotatable bonds is 3. The van der Waals surface area contributed by atoms with Gasteiger partial charge in [-0.05, 0) is 23.6 Å². The summed E-state index contributed by atoms with van der Waals surface area (Å²) in [5, 5.41) is 3.87. The van der Waals surface area contributed by atoms with Crippen LogP contribution < -0.4 is 4.74 Å². The largest absolute Gasteiger partial charge is 0.488 e. The van der Waals surface area contributed by atoms with Crippen molar-refractivity contribution < 1.29 is 9.53 Å². The summed E-state index contributed by atoms with van der Waals surface area (Å²) < 4.78 is 6.18. The second kappa shape index (κ2) is 5.59. The number of likely N-dealkylation sites (tertiary alicyclic amines) is 1. The molecule has 0 saturated carbocycles. The molecule has 4 heterocycles. The molecular weight excluding hydrogens is 316 g/mol. The number of carbonyl (C=O) groups is 1. The number of ether oxygens (including phenoxy) is 1. The maximum atomic E-state index is 12.3. The van der Waals surface area contributed by atoms with E-state index in [9.17, 15) is 4.79 Å². The number of carbonyl (C=O) groups excluding carboxylic acids is 1. The first-order valence-corrected chi connectivity index (χ1v) is 9.19. The van der Waals surface area contributed by atoms with E-state index in [0.717, 1.165) is 36.6 Å². The molecule has 2 fully saturated rings. The average molecular weight is 332 g/mol. The Balaban J connectivity index is 1.33. The Kier molecular flexibility index (Phi) is 3.58. The van der Waals surface area contributed by atoms with Crippen molar-refractivity contribution in [1.29, 1.82) is 0 Å². The lowest BCUT2D eigenvalue weighted by atomic mass is 9.92. The number of aromatic nitrogens is 1. The van der Waals surface area contributed by atoms with Gasteiger partial charge in [0.25, 0.3) is 5.91 Å². The second-order valence-electron chi connectivity index (χ2n) is 5.80. The molecule has 4 nitrogen and oxygen atoms in total. The Bertz CT molecular complexity index is 654. The number of thioether (sulfide) groups is 1. The van der Waals surface area contributed by atoms with Gasteiger partial charge < -0.3 is 9.64 Å². The SMILES string of the molecule is O=C(c1ccsc1)N1CC2(C[C@@H](Oc3cccnc3)CS2)C1. The van der Waals surface area contributed by atoms with Crippen molar-refractivity contribution in [3.8, 4) is 5.75 Å². The molecule has 2 aliphatic heterocycles. The van der Waals surface area contributed by atoms with Gasteiger partial charge in [-0.25, -0.2) is 0 Å². The normalized spacial score (nSPS) is 22.5. The van der Waals surface area contributed by atoms with Crippen molar-refractivity contribution >= 4 is 29.0 Å². The van der Waals surface area contributed by atoms with Gasteiger partial charge in [0.15, 0.2) is 0 Å². The molecule has 0 N–H and O–H groups in total. The predicted octanol–water partition coefficient (Wildman–Crippen LogP) is 2.92. The molecule has 0 radical (unpaired) electrons. The van der Waals surface area contributed by atoms with Gasteiger partial charge in [0.05, 0.1) is 16.5 Å². The number of hydrogen-bond donors (Lipinski definition) is 0. The van der Waals surface area contributed by atoms with Gasteiger partial charge in [0, 0.05) is 36.8 Å². The zero-order valence-electron chi connectivity index (χ0n) is 12.0. The molecule has 0 aliphatic carbocycles. The average Bonchev–Trinajstić information content (AvgIpc) is 3.16. The quantitative estimate of drug-likeness (QED) is 0.867. The lowest BCUT2D eigenvalue weighted by Gasteiger charge is -2.47. The maximum absolute atomic E-state index is 12.3. The molecule has 6 heteroatoms. The van der Waals surface area contributed by atoms with Gasteiger partial charge >= 0.3 is 0 Å². The monoisotopic (exact) mass is 332 g/mol. The van der Waals surface area contributed by atoms with Crippen molar-refractivity contribution in [2.24, 2.45) is 0 Å². The van der Waals surface area contributed by atoms with Crippen molar-refractivity contribution in [3.63, 3.8) is 0 Å². The Morgan fingerprint density at radius 1 is 1.41 bits per heavy atom. The smallest absolute Gasteiger partial charge is 0.254 e. The highest BCUT2D eigenvalue weighted by atomic mass is 32.2. The van der Waals surface area contributed by atoms with E-state index in [1.807, 2.05) is 45.6 Å². The first-order chi connectivity index (χ1) is 10.7. The summed E-state index contributed by atoms with van der Waals surface area (Å²) in [6.07, 6.45) is 4.72. The highest BCUT2D eigenvalue weighted by Gasteiger charge is 2.51. The zero-order chi connectivity index (χ0) is 15.0. The van der Waals surface area contributed by atoms with Gasteiger partial charge in [-0.3, -0.25) is 9.78 Å². The minimum atomic E-state index is 0.157. The predicted molar refractivity (Wildman–Crippen MR) is 88.7 cm³/mol. The molecule has 2 aromatic rings. The van der Waals surface area contributed by atoms with Crippen LogP contribution in [0.5, 0.6) is 5.75 Å². The Hall–Kier alpha value is -1.53. The van der Waals surface area contributed by atoms with Crippen molar-refractivity contribution in [3.05, 3.63) is 46.9 Å². The van der Waals surface area contributed by atoms with Crippen LogP contribution in [-0.2, 0) is 0 Å². The number of pyridine rings is 1. The molecule has 22 heavy (non-hydrogen) atoms. The number of amides is 1. The van der Waals surface area contributed by atoms with E-state index in [1.54, 1.807) is 23.7 Å². The van der Waals surface area contributed by atoms with E-state index in [4.69, 9.17) is 4.74 Å². The Morgan fingerprint density at radius 3 is 3.05 bits per heavy atom. The Morgan fingerprint density at radius 2 is 2.32 bits per heavy atom. The molecule has 114 valence electrons. The van der Waals surface area contributed by atoms with Crippen LogP contribution in [0.25, 0.3) is 0 Å². The van der Waals surface area contributed by atoms with Gasteiger partial charge in [-0.2, -0.15) is 11.3 Å². The van der Waals surface area contributed by atoms with Gasteiger partial charge in [-0.1, -0.05) is 0 Å². The highest BCUT2D eigenvalue weighted by molar-refractivity contribution is 8.01. The minimum absolute atomic E-state index is 0.157. The molecule has 0 aromatic carbocycles. The third kappa shape index (κ3) is 2.61. The van der Waals surface area contributed by atoms with Crippen LogP contribution in [0.3, 0.4) is 0 Å². The topological polar surface area (TPSA) is 42.4 Å². The van der Waals surface area contributed by atoms with Crippen LogP contribution in [0.2, 0.25) is 0 Å². The van der Waals surface area contributed by atoms with Crippen molar-refractivity contribution in [2.45, 2.75) is 17.3 Å². The molecule has 1 spiro atoms. The first-order valence-electron chi connectivity index (χ1n) is 7.26. The third-order valence-corrected chi connectivity index (χ3v) is 6.38. The fourth-order valence-corrected chi connectivity index (χ4v) is 5.22. The standard InChI is InChI=1S/C16H16N2O2S2/c19-15(12-3-5-21-8-12)18-10-16(11-18)6-14(9-22-16)20-13-2-1-4-17-7-13/h1-5,7-8,14H,6,9-11H2/t14-/m1/s1. The summed E-state index contributed by atoms with van der Waals surface area (Å²) in [4.78, 5) is 18.3. The van der Waals surface area contributed by atoms with Crippen molar-refractivity contribution in [2.75, 3.05) is 18.8 Å². The minimum Gasteiger partial charge on any atom is -0.488 e. The van der Waals surface area contributed by atoms with Crippen LogP contribution in [-0.4, -0.2) is 45.5 Å². The van der Waals surface area contributed by atoms with Crippen LogP contribution in [0.1, 0.15) is 16.8 Å². The molecule has 2 aromatic heterocycles. The molecule has 0 bridgehead atoms. The van der Waals surface area contributed by atoms with Gasteiger partial charge in [0.1, 0.15) is 11.9 Å². The molecule has 0 unspecified atom stereocenters. The lowest BCUT2D eigenvalue weighted by molar-refractivity contribution is 0.0518. The third-order valence-electron chi connectivity index (χ3n) is 4.13. The first kappa shape index (κ1) is 14.1. The van der Waals surface area contributed by atoms with Crippen LogP contribution in [0, 0.1) is 0 Å². The molecule has 1 atom stereocenters. The molecule has 1 amide bonds. The van der Waals surface area contributed by atoms with Crippen LogP contribution >= 0.6 is 23.1 Å².